The average Bonchev–Trinajstić information content (AvgIpc) is 3.43. The maximum Gasteiger partial charge on any atom is 0.310 e. The summed E-state index contributed by atoms with van der Waals surface area (Å²) in [6, 6.07) is 8.79. The van der Waals surface area contributed by atoms with Crippen LogP contribution in [0.3, 0.4) is 0 Å². The number of esters is 1. The zero-order valence-corrected chi connectivity index (χ0v) is 23.6. The van der Waals surface area contributed by atoms with Crippen molar-refractivity contribution in [2.75, 3.05) is 26.0 Å². The summed E-state index contributed by atoms with van der Waals surface area (Å²) in [5.41, 5.74) is 6.95. The van der Waals surface area contributed by atoms with Gasteiger partial charge in [-0.05, 0) is 56.3 Å². The fourth-order valence-electron chi connectivity index (χ4n) is 5.27. The van der Waals surface area contributed by atoms with Crippen molar-refractivity contribution in [2.24, 2.45) is 16.6 Å². The summed E-state index contributed by atoms with van der Waals surface area (Å²) < 4.78 is 46.9. The SMILES string of the molecule is COC(=O)C1CCCCC1Nc1ccc(Oc2c(F)cnc(Oc3cc(C(=N)N)ccc3O)c2F)c(C2N=CCN2C)c1. The van der Waals surface area contributed by atoms with E-state index in [1.54, 1.807) is 24.4 Å². The number of hydrogen-bond acceptors (Lipinski definition) is 10. The number of nitrogens with one attached hydrogen (secondary N) is 2. The van der Waals surface area contributed by atoms with Gasteiger partial charge in [0.05, 0.1) is 19.2 Å². The number of phenols is 1. The average molecular weight is 595 g/mol. The normalized spacial score (nSPS) is 20.0. The van der Waals surface area contributed by atoms with Crippen LogP contribution in [0, 0.1) is 23.0 Å². The molecule has 1 fully saturated rings. The predicted molar refractivity (Wildman–Crippen MR) is 155 cm³/mol. The molecule has 1 aromatic heterocycles. The first-order valence-electron chi connectivity index (χ1n) is 13.7. The number of carbonyl (C=O) groups excluding carboxylic acids is 1. The van der Waals surface area contributed by atoms with Crippen molar-refractivity contribution < 1.29 is 32.9 Å². The summed E-state index contributed by atoms with van der Waals surface area (Å²) in [6.07, 6.45) is 5.40. The van der Waals surface area contributed by atoms with Gasteiger partial charge in [0.2, 0.25) is 11.6 Å². The molecule has 2 heterocycles. The van der Waals surface area contributed by atoms with Crippen LogP contribution in [-0.2, 0) is 9.53 Å². The van der Waals surface area contributed by atoms with Crippen molar-refractivity contribution in [3.63, 3.8) is 0 Å². The molecule has 0 spiro atoms. The number of ether oxygens (including phenoxy) is 3. The van der Waals surface area contributed by atoms with Crippen LogP contribution in [-0.4, -0.2) is 59.8 Å². The number of pyridine rings is 1. The number of benzene rings is 2. The molecule has 1 aliphatic heterocycles. The summed E-state index contributed by atoms with van der Waals surface area (Å²) in [7, 11) is 3.24. The van der Waals surface area contributed by atoms with E-state index in [0.29, 0.717) is 17.8 Å². The Morgan fingerprint density at radius 3 is 2.65 bits per heavy atom. The molecule has 0 amide bonds. The zero-order valence-electron chi connectivity index (χ0n) is 23.6. The number of rotatable bonds is 9. The van der Waals surface area contributed by atoms with Crippen LogP contribution < -0.4 is 20.5 Å². The molecule has 0 bridgehead atoms. The number of nitrogens with two attached hydrogens (primary N) is 1. The van der Waals surface area contributed by atoms with Crippen molar-refractivity contribution in [1.82, 2.24) is 9.88 Å². The van der Waals surface area contributed by atoms with Crippen molar-refractivity contribution in [1.29, 1.82) is 5.41 Å². The third kappa shape index (κ3) is 6.36. The molecule has 3 atom stereocenters. The van der Waals surface area contributed by atoms with Gasteiger partial charge in [-0.1, -0.05) is 12.8 Å². The molecule has 0 saturated heterocycles. The van der Waals surface area contributed by atoms with E-state index in [0.717, 1.165) is 31.9 Å². The zero-order chi connectivity index (χ0) is 30.7. The molecule has 0 radical (unpaired) electrons. The van der Waals surface area contributed by atoms with E-state index < -0.39 is 29.4 Å². The van der Waals surface area contributed by atoms with Gasteiger partial charge >= 0.3 is 5.97 Å². The first kappa shape index (κ1) is 29.7. The highest BCUT2D eigenvalue weighted by Crippen LogP contribution is 2.41. The Balaban J connectivity index is 1.47. The Morgan fingerprint density at radius 2 is 1.93 bits per heavy atom. The minimum absolute atomic E-state index is 0.140. The van der Waals surface area contributed by atoms with Crippen LogP contribution in [0.4, 0.5) is 14.5 Å². The second kappa shape index (κ2) is 12.6. The van der Waals surface area contributed by atoms with Crippen LogP contribution >= 0.6 is 0 Å². The van der Waals surface area contributed by atoms with Crippen LogP contribution in [0.15, 0.2) is 47.6 Å². The molecule has 5 rings (SSSR count). The maximum atomic E-state index is 15.6. The lowest BCUT2D eigenvalue weighted by Crippen LogP contribution is -2.37. The second-order valence-electron chi connectivity index (χ2n) is 10.4. The Bertz CT molecular complexity index is 1570. The summed E-state index contributed by atoms with van der Waals surface area (Å²) >= 11 is 0. The number of nitrogen functional groups attached to an aromatic ring is 1. The van der Waals surface area contributed by atoms with E-state index >= 15 is 4.39 Å². The number of phenolic OH excluding ortho intramolecular Hbond substituents is 1. The number of methoxy groups -OCH3 is 1. The smallest absolute Gasteiger partial charge is 0.310 e. The van der Waals surface area contributed by atoms with E-state index in [9.17, 15) is 14.3 Å². The molecule has 226 valence electrons. The molecule has 1 aliphatic carbocycles. The Hall–Kier alpha value is -4.78. The highest BCUT2D eigenvalue weighted by molar-refractivity contribution is 5.95. The Labute approximate surface area is 246 Å². The van der Waals surface area contributed by atoms with E-state index in [4.69, 9.17) is 25.4 Å². The topological polar surface area (TPSA) is 155 Å². The quantitative estimate of drug-likeness (QED) is 0.151. The van der Waals surface area contributed by atoms with Gasteiger partial charge in [-0.3, -0.25) is 20.1 Å². The van der Waals surface area contributed by atoms with Crippen molar-refractivity contribution >= 4 is 23.7 Å². The second-order valence-corrected chi connectivity index (χ2v) is 10.4. The van der Waals surface area contributed by atoms with Crippen molar-refractivity contribution in [3.8, 4) is 28.9 Å². The number of nitrogens with zero attached hydrogens (tertiary/aromatic N) is 3. The fourth-order valence-corrected chi connectivity index (χ4v) is 5.27. The molecule has 13 heteroatoms. The number of hydrogen-bond donors (Lipinski definition) is 4. The maximum absolute atomic E-state index is 15.6. The van der Waals surface area contributed by atoms with Crippen molar-refractivity contribution in [2.45, 2.75) is 37.9 Å². The first-order chi connectivity index (χ1) is 20.7. The number of aromatic hydroxyl groups is 1. The largest absolute Gasteiger partial charge is 0.504 e. The number of anilines is 1. The summed E-state index contributed by atoms with van der Waals surface area (Å²) in [6.45, 7) is 0.563. The molecule has 2 aromatic carbocycles. The number of aromatic nitrogens is 1. The van der Waals surface area contributed by atoms with E-state index in [1.165, 1.54) is 25.3 Å². The molecule has 3 unspecified atom stereocenters. The Kier molecular flexibility index (Phi) is 8.71. The van der Waals surface area contributed by atoms with Crippen LogP contribution in [0.25, 0.3) is 0 Å². The van der Waals surface area contributed by atoms with Gasteiger partial charge in [0.15, 0.2) is 17.3 Å². The molecule has 43 heavy (non-hydrogen) atoms. The van der Waals surface area contributed by atoms with Crippen molar-refractivity contribution in [3.05, 3.63) is 65.4 Å². The molecule has 1 saturated carbocycles. The fraction of sp³-hybridized carbons (Fsp3) is 0.333. The predicted octanol–water partition coefficient (Wildman–Crippen LogP) is 5.09. The number of aliphatic imine (C=N–C) groups is 1. The third-order valence-electron chi connectivity index (χ3n) is 7.53. The Morgan fingerprint density at radius 1 is 1.14 bits per heavy atom. The molecular weight excluding hydrogens is 562 g/mol. The van der Waals surface area contributed by atoms with E-state index in [-0.39, 0.29) is 46.6 Å². The van der Waals surface area contributed by atoms with Crippen LogP contribution in [0.1, 0.15) is 43.0 Å². The van der Waals surface area contributed by atoms with Crippen LogP contribution in [0.2, 0.25) is 0 Å². The van der Waals surface area contributed by atoms with Gasteiger partial charge < -0.3 is 30.4 Å². The number of halogens is 2. The molecule has 3 aromatic rings. The monoisotopic (exact) mass is 594 g/mol. The third-order valence-corrected chi connectivity index (χ3v) is 7.53. The molecule has 11 nitrogen and oxygen atoms in total. The highest BCUT2D eigenvalue weighted by atomic mass is 19.1. The molecule has 2 aliphatic rings. The standard InChI is InChI=1S/C30H32F2N6O5/c1-38-12-11-35-28(38)19-14-17(37-21-6-4-3-5-18(21)30(40)41-2)8-10-23(19)42-26-20(31)15-36-29(25(26)32)43-24-13-16(27(33)34)7-9-22(24)39/h7-11,13-15,18,21,28,37,39H,3-6,12H2,1-2H3,(H3,33,34). The minimum Gasteiger partial charge on any atom is -0.504 e. The summed E-state index contributed by atoms with van der Waals surface area (Å²) in [5, 5.41) is 21.2. The lowest BCUT2D eigenvalue weighted by molar-refractivity contribution is -0.146. The van der Waals surface area contributed by atoms with Gasteiger partial charge in [-0.2, -0.15) is 4.39 Å². The lowest BCUT2D eigenvalue weighted by Gasteiger charge is -2.31. The number of amidine groups is 1. The van der Waals surface area contributed by atoms with Gasteiger partial charge in [0, 0.05) is 35.6 Å². The van der Waals surface area contributed by atoms with Crippen LogP contribution in [0.5, 0.6) is 28.9 Å². The molecule has 5 N–H and O–H groups in total. The minimum atomic E-state index is -1.24. The van der Waals surface area contributed by atoms with Gasteiger partial charge in [0.1, 0.15) is 17.8 Å². The first-order valence-corrected chi connectivity index (χ1v) is 13.7. The van der Waals surface area contributed by atoms with Gasteiger partial charge in [-0.25, -0.2) is 9.37 Å². The molecular formula is C30H32F2N6O5. The summed E-state index contributed by atoms with van der Waals surface area (Å²) in [4.78, 5) is 22.5. The van der Waals surface area contributed by atoms with E-state index in [1.807, 2.05) is 11.9 Å². The lowest BCUT2D eigenvalue weighted by atomic mass is 9.84. The van der Waals surface area contributed by atoms with Gasteiger partial charge in [0.25, 0.3) is 5.88 Å². The van der Waals surface area contributed by atoms with E-state index in [2.05, 4.69) is 15.3 Å². The highest BCUT2D eigenvalue weighted by Gasteiger charge is 2.32. The summed E-state index contributed by atoms with van der Waals surface area (Å²) in [5.74, 6) is -5.05. The number of carbonyl (C=O) groups is 1. The van der Waals surface area contributed by atoms with Gasteiger partial charge in [-0.15, -0.1) is 0 Å².